The van der Waals surface area contributed by atoms with Crippen molar-refractivity contribution in [2.75, 3.05) is 24.9 Å². The van der Waals surface area contributed by atoms with Crippen molar-refractivity contribution in [2.45, 2.75) is 0 Å². The molecule has 0 bridgehead atoms. The van der Waals surface area contributed by atoms with Gasteiger partial charge < -0.3 is 24.5 Å². The highest BCUT2D eigenvalue weighted by atomic mass is 16.5. The second kappa shape index (κ2) is 8.58. The van der Waals surface area contributed by atoms with Crippen LogP contribution in [0.5, 0.6) is 11.5 Å². The summed E-state index contributed by atoms with van der Waals surface area (Å²) in [6.07, 6.45) is 1.32. The fraction of sp³-hybridized carbons (Fsp3) is 0.0870. The van der Waals surface area contributed by atoms with Gasteiger partial charge in [0.15, 0.2) is 12.0 Å². The Bertz CT molecular complexity index is 1250. The zero-order valence-electron chi connectivity index (χ0n) is 16.8. The molecule has 4 rings (SSSR count). The number of aromatic nitrogens is 1. The first-order chi connectivity index (χ1) is 15.1. The van der Waals surface area contributed by atoms with Crippen molar-refractivity contribution in [1.29, 1.82) is 0 Å². The molecule has 0 aliphatic carbocycles. The summed E-state index contributed by atoms with van der Waals surface area (Å²) >= 11 is 0. The number of ether oxygens (including phenoxy) is 2. The molecule has 0 aliphatic heterocycles. The largest absolute Gasteiger partial charge is 0.494 e. The van der Waals surface area contributed by atoms with Crippen molar-refractivity contribution >= 4 is 34.3 Å². The first-order valence-electron chi connectivity index (χ1n) is 9.36. The van der Waals surface area contributed by atoms with Crippen LogP contribution in [-0.4, -0.2) is 31.0 Å². The minimum absolute atomic E-state index is 0.293. The highest BCUT2D eigenvalue weighted by Crippen LogP contribution is 2.37. The van der Waals surface area contributed by atoms with Gasteiger partial charge >= 0.3 is 0 Å². The summed E-state index contributed by atoms with van der Waals surface area (Å²) in [5.41, 5.74) is 2.89. The lowest BCUT2D eigenvalue weighted by molar-refractivity contribution is 0.101. The molecule has 0 atom stereocenters. The monoisotopic (exact) mass is 417 g/mol. The van der Waals surface area contributed by atoms with E-state index in [-0.39, 0.29) is 11.8 Å². The zero-order chi connectivity index (χ0) is 21.8. The van der Waals surface area contributed by atoms with E-state index in [9.17, 15) is 9.59 Å². The van der Waals surface area contributed by atoms with Crippen LogP contribution >= 0.6 is 0 Å². The van der Waals surface area contributed by atoms with Crippen molar-refractivity contribution < 1.29 is 23.5 Å². The molecule has 0 unspecified atom stereocenters. The SMILES string of the molecule is COc1cc(NC(=O)c2ccc3ocnc3c2)c(OC)cc1NC(=O)c1ccccc1. The Labute approximate surface area is 177 Å². The van der Waals surface area contributed by atoms with E-state index < -0.39 is 0 Å². The van der Waals surface area contributed by atoms with Crippen LogP contribution in [0.2, 0.25) is 0 Å². The Kier molecular flexibility index (Phi) is 5.53. The lowest BCUT2D eigenvalue weighted by Crippen LogP contribution is -2.15. The van der Waals surface area contributed by atoms with Gasteiger partial charge in [0, 0.05) is 23.3 Å². The molecule has 0 saturated carbocycles. The molecule has 4 aromatic rings. The van der Waals surface area contributed by atoms with Gasteiger partial charge in [-0.3, -0.25) is 9.59 Å². The molecule has 31 heavy (non-hydrogen) atoms. The molecule has 1 heterocycles. The lowest BCUT2D eigenvalue weighted by atomic mass is 10.1. The van der Waals surface area contributed by atoms with Crippen molar-refractivity contribution in [3.63, 3.8) is 0 Å². The second-order valence-corrected chi connectivity index (χ2v) is 6.56. The first kappa shape index (κ1) is 20.0. The van der Waals surface area contributed by atoms with E-state index in [0.29, 0.717) is 45.1 Å². The predicted octanol–water partition coefficient (Wildman–Crippen LogP) is 4.35. The quantitative estimate of drug-likeness (QED) is 0.484. The summed E-state index contributed by atoms with van der Waals surface area (Å²) in [6, 6.07) is 16.9. The minimum Gasteiger partial charge on any atom is -0.494 e. The van der Waals surface area contributed by atoms with Gasteiger partial charge in [0.05, 0.1) is 25.6 Å². The number of nitrogens with one attached hydrogen (secondary N) is 2. The van der Waals surface area contributed by atoms with Crippen LogP contribution in [-0.2, 0) is 0 Å². The summed E-state index contributed by atoms with van der Waals surface area (Å²) in [4.78, 5) is 29.3. The van der Waals surface area contributed by atoms with Crippen molar-refractivity contribution in [3.8, 4) is 11.5 Å². The van der Waals surface area contributed by atoms with Gasteiger partial charge in [0.25, 0.3) is 11.8 Å². The summed E-state index contributed by atoms with van der Waals surface area (Å²) in [7, 11) is 2.95. The normalized spacial score (nSPS) is 10.5. The number of hydrogen-bond acceptors (Lipinski definition) is 6. The molecule has 8 nitrogen and oxygen atoms in total. The summed E-state index contributed by atoms with van der Waals surface area (Å²) in [5.74, 6) is 0.0809. The molecule has 0 spiro atoms. The van der Waals surface area contributed by atoms with E-state index in [1.165, 1.54) is 20.6 Å². The molecule has 0 radical (unpaired) electrons. The van der Waals surface area contributed by atoms with E-state index in [1.54, 1.807) is 54.6 Å². The van der Waals surface area contributed by atoms with E-state index in [1.807, 2.05) is 6.07 Å². The van der Waals surface area contributed by atoms with Gasteiger partial charge in [-0.05, 0) is 30.3 Å². The van der Waals surface area contributed by atoms with Crippen molar-refractivity contribution in [3.05, 3.63) is 78.2 Å². The molecule has 1 aromatic heterocycles. The smallest absolute Gasteiger partial charge is 0.255 e. The summed E-state index contributed by atoms with van der Waals surface area (Å²) in [6.45, 7) is 0. The van der Waals surface area contributed by atoms with Crippen LogP contribution in [0, 0.1) is 0 Å². The molecule has 0 fully saturated rings. The van der Waals surface area contributed by atoms with Gasteiger partial charge in [0.1, 0.15) is 17.0 Å². The average Bonchev–Trinajstić information content (AvgIpc) is 3.28. The topological polar surface area (TPSA) is 103 Å². The molecular weight excluding hydrogens is 398 g/mol. The van der Waals surface area contributed by atoms with Crippen LogP contribution < -0.4 is 20.1 Å². The number of hydrogen-bond donors (Lipinski definition) is 2. The molecule has 3 aromatic carbocycles. The molecule has 8 heteroatoms. The number of nitrogens with zero attached hydrogens (tertiary/aromatic N) is 1. The number of rotatable bonds is 6. The van der Waals surface area contributed by atoms with Crippen molar-refractivity contribution in [1.82, 2.24) is 4.98 Å². The van der Waals surface area contributed by atoms with Gasteiger partial charge in [-0.15, -0.1) is 0 Å². The van der Waals surface area contributed by atoms with Crippen LogP contribution in [0.4, 0.5) is 11.4 Å². The summed E-state index contributed by atoms with van der Waals surface area (Å²) in [5, 5.41) is 5.61. The minimum atomic E-state index is -0.355. The van der Waals surface area contributed by atoms with Gasteiger partial charge in [-0.1, -0.05) is 18.2 Å². The zero-order valence-corrected chi connectivity index (χ0v) is 16.8. The molecule has 2 N–H and O–H groups in total. The lowest BCUT2D eigenvalue weighted by Gasteiger charge is -2.16. The van der Waals surface area contributed by atoms with E-state index in [4.69, 9.17) is 13.9 Å². The number of carbonyl (C=O) groups is 2. The Morgan fingerprint density at radius 3 is 2.03 bits per heavy atom. The third-order valence-electron chi connectivity index (χ3n) is 4.65. The van der Waals surface area contributed by atoms with Gasteiger partial charge in [0.2, 0.25) is 0 Å². The van der Waals surface area contributed by atoms with Gasteiger partial charge in [-0.25, -0.2) is 4.98 Å². The third-order valence-corrected chi connectivity index (χ3v) is 4.65. The van der Waals surface area contributed by atoms with Crippen LogP contribution in [0.15, 0.2) is 71.5 Å². The van der Waals surface area contributed by atoms with Crippen LogP contribution in [0.25, 0.3) is 11.1 Å². The number of fused-ring (bicyclic) bond motifs is 1. The van der Waals surface area contributed by atoms with Gasteiger partial charge in [-0.2, -0.15) is 0 Å². The Morgan fingerprint density at radius 2 is 1.42 bits per heavy atom. The standard InChI is InChI=1S/C23H19N3O5/c1-29-20-12-18(26-23(28)15-8-9-19-16(10-15)24-13-31-19)21(30-2)11-17(20)25-22(27)14-6-4-3-5-7-14/h3-13H,1-2H3,(H,25,27)(H,26,28). The number of carbonyl (C=O) groups excluding carboxylic acids is 2. The maximum atomic E-state index is 12.8. The molecule has 2 amide bonds. The summed E-state index contributed by atoms with van der Waals surface area (Å²) < 4.78 is 16.0. The second-order valence-electron chi connectivity index (χ2n) is 6.56. The third kappa shape index (κ3) is 4.18. The highest BCUT2D eigenvalue weighted by molar-refractivity contribution is 6.08. The number of anilines is 2. The number of methoxy groups -OCH3 is 2. The maximum absolute atomic E-state index is 12.8. The van der Waals surface area contributed by atoms with Crippen molar-refractivity contribution in [2.24, 2.45) is 0 Å². The molecular formula is C23H19N3O5. The number of benzene rings is 3. The van der Waals surface area contributed by atoms with Crippen LogP contribution in [0.1, 0.15) is 20.7 Å². The Hall–Kier alpha value is -4.33. The maximum Gasteiger partial charge on any atom is 0.255 e. The van der Waals surface area contributed by atoms with E-state index in [0.717, 1.165) is 0 Å². The predicted molar refractivity (Wildman–Crippen MR) is 116 cm³/mol. The first-order valence-corrected chi connectivity index (χ1v) is 9.36. The molecule has 0 saturated heterocycles. The number of amides is 2. The average molecular weight is 417 g/mol. The fourth-order valence-corrected chi connectivity index (χ4v) is 3.07. The molecule has 0 aliphatic rings. The Balaban J connectivity index is 1.60. The van der Waals surface area contributed by atoms with Crippen LogP contribution in [0.3, 0.4) is 0 Å². The fourth-order valence-electron chi connectivity index (χ4n) is 3.07. The molecule has 156 valence electrons. The Morgan fingerprint density at radius 1 is 0.806 bits per heavy atom. The van der Waals surface area contributed by atoms with E-state index >= 15 is 0 Å². The number of oxazole rings is 1. The highest BCUT2D eigenvalue weighted by Gasteiger charge is 2.17. The van der Waals surface area contributed by atoms with E-state index in [2.05, 4.69) is 15.6 Å².